The van der Waals surface area contributed by atoms with Crippen LogP contribution in [0.25, 0.3) is 6.08 Å². The topological polar surface area (TPSA) is 0 Å². The van der Waals surface area contributed by atoms with Gasteiger partial charge in [0.15, 0.2) is 0 Å². The lowest BCUT2D eigenvalue weighted by Gasteiger charge is -1.99. The molecule has 0 unspecified atom stereocenters. The average molecular weight is 235 g/mol. The summed E-state index contributed by atoms with van der Waals surface area (Å²) in [6.07, 6.45) is 1.39. The van der Waals surface area contributed by atoms with Crippen molar-refractivity contribution < 1.29 is 4.39 Å². The van der Waals surface area contributed by atoms with Crippen molar-refractivity contribution in [3.63, 3.8) is 0 Å². The van der Waals surface area contributed by atoms with Gasteiger partial charge in [-0.25, -0.2) is 4.39 Å². The molecule has 0 bridgehead atoms. The van der Waals surface area contributed by atoms with E-state index in [1.165, 1.54) is 12.1 Å². The van der Waals surface area contributed by atoms with Crippen molar-refractivity contribution >= 4 is 33.6 Å². The van der Waals surface area contributed by atoms with Gasteiger partial charge in [-0.05, 0) is 12.1 Å². The fourth-order valence-electron chi connectivity index (χ4n) is 0.748. The van der Waals surface area contributed by atoms with E-state index in [-0.39, 0.29) is 5.82 Å². The molecule has 0 atom stereocenters. The molecule has 0 saturated heterocycles. The third-order valence-corrected chi connectivity index (χ3v) is 2.02. The van der Waals surface area contributed by atoms with Crippen molar-refractivity contribution in [2.75, 3.05) is 0 Å². The maximum absolute atomic E-state index is 12.9. The largest absolute Gasteiger partial charge is 0.206 e. The predicted molar refractivity (Wildman–Crippen MR) is 49.2 cm³/mol. The van der Waals surface area contributed by atoms with Crippen molar-refractivity contribution in [1.82, 2.24) is 0 Å². The summed E-state index contributed by atoms with van der Waals surface area (Å²) in [6, 6.07) is 2.98. The maximum Gasteiger partial charge on any atom is 0.133 e. The van der Waals surface area contributed by atoms with Crippen molar-refractivity contribution in [2.45, 2.75) is 0 Å². The molecule has 0 aliphatic carbocycles. The number of hydrogen-bond acceptors (Lipinski definition) is 0. The summed E-state index contributed by atoms with van der Waals surface area (Å²) in [5.74, 6) is -0.362. The van der Waals surface area contributed by atoms with E-state index >= 15 is 0 Å². The van der Waals surface area contributed by atoms with Crippen LogP contribution in [0.3, 0.4) is 0 Å². The molecule has 11 heavy (non-hydrogen) atoms. The molecule has 0 aliphatic rings. The van der Waals surface area contributed by atoms with Crippen molar-refractivity contribution in [3.05, 3.63) is 39.6 Å². The summed E-state index contributed by atoms with van der Waals surface area (Å²) < 4.78 is 13.6. The zero-order chi connectivity index (χ0) is 8.43. The van der Waals surface area contributed by atoms with Crippen LogP contribution >= 0.6 is 27.5 Å². The summed E-state index contributed by atoms with van der Waals surface area (Å²) in [5.41, 5.74) is 0.342. The quantitative estimate of drug-likeness (QED) is 0.693. The molecular formula is C8H5BrClF. The molecule has 0 N–H and O–H groups in total. The standard InChI is InChI=1S/C8H5BrClF/c1-2-6-7(10)3-5(9)4-8(6)11/h2-4H,1H2. The Kier molecular flexibility index (Phi) is 2.68. The first-order chi connectivity index (χ1) is 5.15. The molecule has 0 amide bonds. The van der Waals surface area contributed by atoms with Crippen LogP contribution in [0.1, 0.15) is 5.56 Å². The van der Waals surface area contributed by atoms with Crippen LogP contribution in [0, 0.1) is 5.82 Å². The Morgan fingerprint density at radius 3 is 2.64 bits per heavy atom. The average Bonchev–Trinajstić information content (AvgIpc) is 1.85. The van der Waals surface area contributed by atoms with Crippen LogP contribution in [0.4, 0.5) is 4.39 Å². The minimum Gasteiger partial charge on any atom is -0.206 e. The van der Waals surface area contributed by atoms with Gasteiger partial charge in [0.2, 0.25) is 0 Å². The Balaban J connectivity index is 3.36. The van der Waals surface area contributed by atoms with Gasteiger partial charge in [0, 0.05) is 10.0 Å². The molecule has 1 aromatic rings. The highest BCUT2D eigenvalue weighted by Crippen LogP contribution is 2.25. The van der Waals surface area contributed by atoms with E-state index in [9.17, 15) is 4.39 Å². The normalized spacial score (nSPS) is 9.73. The molecule has 0 radical (unpaired) electrons. The Morgan fingerprint density at radius 2 is 2.18 bits per heavy atom. The summed E-state index contributed by atoms with van der Waals surface area (Å²) in [7, 11) is 0. The van der Waals surface area contributed by atoms with Crippen molar-refractivity contribution in [3.8, 4) is 0 Å². The molecule has 58 valence electrons. The lowest BCUT2D eigenvalue weighted by Crippen LogP contribution is -1.82. The second kappa shape index (κ2) is 3.37. The van der Waals surface area contributed by atoms with Gasteiger partial charge in [-0.1, -0.05) is 40.2 Å². The maximum atomic E-state index is 12.9. The second-order valence-corrected chi connectivity index (χ2v) is 3.31. The third-order valence-electron chi connectivity index (χ3n) is 1.25. The second-order valence-electron chi connectivity index (χ2n) is 1.99. The van der Waals surface area contributed by atoms with Crippen LogP contribution in [-0.4, -0.2) is 0 Å². The monoisotopic (exact) mass is 234 g/mol. The molecule has 0 aromatic heterocycles. The lowest BCUT2D eigenvalue weighted by molar-refractivity contribution is 0.624. The van der Waals surface area contributed by atoms with E-state index in [0.717, 1.165) is 0 Å². The summed E-state index contributed by atoms with van der Waals surface area (Å²) in [6.45, 7) is 3.44. The third kappa shape index (κ3) is 1.82. The summed E-state index contributed by atoms with van der Waals surface area (Å²) >= 11 is 8.81. The van der Waals surface area contributed by atoms with Crippen LogP contribution in [0.2, 0.25) is 5.02 Å². The highest BCUT2D eigenvalue weighted by molar-refractivity contribution is 9.10. The first-order valence-corrected chi connectivity index (χ1v) is 4.09. The smallest absolute Gasteiger partial charge is 0.133 e. The molecule has 0 spiro atoms. The SMILES string of the molecule is C=Cc1c(F)cc(Br)cc1Cl. The van der Waals surface area contributed by atoms with Gasteiger partial charge in [0.1, 0.15) is 5.82 Å². The zero-order valence-electron chi connectivity index (χ0n) is 5.57. The first-order valence-electron chi connectivity index (χ1n) is 2.92. The highest BCUT2D eigenvalue weighted by Gasteiger charge is 2.04. The van der Waals surface area contributed by atoms with Gasteiger partial charge in [0.05, 0.1) is 5.02 Å². The molecule has 0 aliphatic heterocycles. The Bertz CT molecular complexity index is 273. The molecule has 1 rings (SSSR count). The summed E-state index contributed by atoms with van der Waals surface area (Å²) in [5, 5.41) is 0.367. The van der Waals surface area contributed by atoms with Crippen LogP contribution in [-0.2, 0) is 0 Å². The molecule has 3 heteroatoms. The highest BCUT2D eigenvalue weighted by atomic mass is 79.9. The van der Waals surface area contributed by atoms with E-state index in [1.807, 2.05) is 0 Å². The zero-order valence-corrected chi connectivity index (χ0v) is 7.91. The Morgan fingerprint density at radius 1 is 1.55 bits per heavy atom. The number of benzene rings is 1. The molecule has 0 saturated carbocycles. The van der Waals surface area contributed by atoms with E-state index < -0.39 is 0 Å². The van der Waals surface area contributed by atoms with Gasteiger partial charge in [-0.3, -0.25) is 0 Å². The molecule has 0 fully saturated rings. The summed E-state index contributed by atoms with van der Waals surface area (Å²) in [4.78, 5) is 0. The number of rotatable bonds is 1. The molecule has 0 heterocycles. The van der Waals surface area contributed by atoms with Gasteiger partial charge in [0.25, 0.3) is 0 Å². The lowest BCUT2D eigenvalue weighted by atomic mass is 10.2. The number of hydrogen-bond donors (Lipinski definition) is 0. The van der Waals surface area contributed by atoms with Gasteiger partial charge < -0.3 is 0 Å². The first kappa shape index (κ1) is 8.75. The van der Waals surface area contributed by atoms with E-state index in [2.05, 4.69) is 22.5 Å². The number of halogens is 3. The van der Waals surface area contributed by atoms with Crippen molar-refractivity contribution in [1.29, 1.82) is 0 Å². The molecule has 0 nitrogen and oxygen atoms in total. The fraction of sp³-hybridized carbons (Fsp3) is 0. The molecular weight excluding hydrogens is 230 g/mol. The van der Waals surface area contributed by atoms with Gasteiger partial charge in [-0.15, -0.1) is 0 Å². The van der Waals surface area contributed by atoms with Gasteiger partial charge >= 0.3 is 0 Å². The minimum absolute atomic E-state index is 0.342. The van der Waals surface area contributed by atoms with Crippen LogP contribution in [0.5, 0.6) is 0 Å². The van der Waals surface area contributed by atoms with E-state index in [0.29, 0.717) is 15.1 Å². The van der Waals surface area contributed by atoms with E-state index in [1.54, 1.807) is 6.07 Å². The Labute approximate surface area is 77.8 Å². The van der Waals surface area contributed by atoms with E-state index in [4.69, 9.17) is 11.6 Å². The van der Waals surface area contributed by atoms with Crippen molar-refractivity contribution in [2.24, 2.45) is 0 Å². The fourth-order valence-corrected chi connectivity index (χ4v) is 1.60. The predicted octanol–water partition coefficient (Wildman–Crippen LogP) is 3.88. The molecule has 1 aromatic carbocycles. The van der Waals surface area contributed by atoms with Crippen LogP contribution < -0.4 is 0 Å². The van der Waals surface area contributed by atoms with Gasteiger partial charge in [-0.2, -0.15) is 0 Å². The minimum atomic E-state index is -0.362. The Hall–Kier alpha value is -0.340. The van der Waals surface area contributed by atoms with Crippen LogP contribution in [0.15, 0.2) is 23.2 Å².